The Balaban J connectivity index is 2.00. The third-order valence-corrected chi connectivity index (χ3v) is 2.80. The van der Waals surface area contributed by atoms with Crippen LogP contribution in [0.25, 0.3) is 0 Å². The minimum Gasteiger partial charge on any atom is -0.396 e. The van der Waals surface area contributed by atoms with Crippen molar-refractivity contribution in [2.45, 2.75) is 18.9 Å². The van der Waals surface area contributed by atoms with Gasteiger partial charge in [-0.15, -0.1) is 0 Å². The van der Waals surface area contributed by atoms with E-state index >= 15 is 0 Å². The first kappa shape index (κ1) is 12.0. The molecule has 2 N–H and O–H groups in total. The van der Waals surface area contributed by atoms with E-state index in [1.807, 2.05) is 0 Å². The van der Waals surface area contributed by atoms with Crippen molar-refractivity contribution in [3.63, 3.8) is 0 Å². The highest BCUT2D eigenvalue weighted by Gasteiger charge is 2.29. The number of benzene rings is 1. The van der Waals surface area contributed by atoms with Crippen molar-refractivity contribution in [3.8, 4) is 0 Å². The smallest absolute Gasteiger partial charge is 0.238 e. The third-order valence-electron chi connectivity index (χ3n) is 2.80. The van der Waals surface area contributed by atoms with Gasteiger partial charge in [-0.2, -0.15) is 0 Å². The van der Waals surface area contributed by atoms with E-state index in [1.54, 1.807) is 12.1 Å². The van der Waals surface area contributed by atoms with Gasteiger partial charge in [0.1, 0.15) is 5.82 Å². The third kappa shape index (κ3) is 2.81. The van der Waals surface area contributed by atoms with Crippen molar-refractivity contribution in [1.29, 1.82) is 0 Å². The molecule has 92 valence electrons. The summed E-state index contributed by atoms with van der Waals surface area (Å²) < 4.78 is 12.8. The molecule has 1 aromatic rings. The van der Waals surface area contributed by atoms with Crippen molar-refractivity contribution >= 4 is 5.91 Å². The lowest BCUT2D eigenvalue weighted by molar-refractivity contribution is -0.129. The molecule has 0 saturated carbocycles. The molecule has 0 spiro atoms. The zero-order valence-electron chi connectivity index (χ0n) is 9.40. The Labute approximate surface area is 99.0 Å². The van der Waals surface area contributed by atoms with Gasteiger partial charge in [0.15, 0.2) is 0 Å². The summed E-state index contributed by atoms with van der Waals surface area (Å²) in [6.07, 6.45) is 0.923. The minimum atomic E-state index is -0.282. The maximum atomic E-state index is 12.8. The predicted octanol–water partition coefficient (Wildman–Crippen LogP) is 0.986. The van der Waals surface area contributed by atoms with Crippen LogP contribution in [0.2, 0.25) is 0 Å². The Morgan fingerprint density at radius 1 is 1.41 bits per heavy atom. The number of aliphatic hydroxyl groups excluding tert-OH is 1. The van der Waals surface area contributed by atoms with Crippen LogP contribution in [-0.2, 0) is 4.79 Å². The second-order valence-corrected chi connectivity index (χ2v) is 4.06. The molecule has 1 saturated heterocycles. The lowest BCUT2D eigenvalue weighted by Gasteiger charge is -2.17. The van der Waals surface area contributed by atoms with Crippen LogP contribution < -0.4 is 5.43 Å². The van der Waals surface area contributed by atoms with E-state index in [1.165, 1.54) is 17.1 Å². The minimum absolute atomic E-state index is 0.00720. The van der Waals surface area contributed by atoms with Crippen LogP contribution in [0.15, 0.2) is 24.3 Å². The highest BCUT2D eigenvalue weighted by molar-refractivity contribution is 5.78. The van der Waals surface area contributed by atoms with Crippen molar-refractivity contribution in [1.82, 2.24) is 10.4 Å². The van der Waals surface area contributed by atoms with Gasteiger partial charge in [-0.25, -0.2) is 9.82 Å². The van der Waals surface area contributed by atoms with E-state index in [0.29, 0.717) is 19.4 Å². The fraction of sp³-hybridized carbons (Fsp3) is 0.417. The maximum Gasteiger partial charge on any atom is 0.238 e. The number of hydrogen-bond donors (Lipinski definition) is 2. The van der Waals surface area contributed by atoms with Crippen LogP contribution in [0, 0.1) is 5.82 Å². The van der Waals surface area contributed by atoms with Gasteiger partial charge in [0.2, 0.25) is 5.91 Å². The normalized spacial score (nSPS) is 20.0. The summed E-state index contributed by atoms with van der Waals surface area (Å²) in [5, 5.41) is 10.2. The first-order chi connectivity index (χ1) is 8.20. The van der Waals surface area contributed by atoms with Crippen LogP contribution in [0.4, 0.5) is 4.39 Å². The average molecular weight is 238 g/mol. The van der Waals surface area contributed by atoms with Gasteiger partial charge in [-0.1, -0.05) is 12.1 Å². The lowest BCUT2D eigenvalue weighted by atomic mass is 10.1. The highest BCUT2D eigenvalue weighted by Crippen LogP contribution is 2.23. The molecular formula is C12H15FN2O2. The van der Waals surface area contributed by atoms with Crippen LogP contribution >= 0.6 is 0 Å². The monoisotopic (exact) mass is 238 g/mol. The first-order valence-electron chi connectivity index (χ1n) is 5.63. The lowest BCUT2D eigenvalue weighted by Crippen LogP contribution is -2.36. The second kappa shape index (κ2) is 5.25. The van der Waals surface area contributed by atoms with Crippen LogP contribution in [0.1, 0.15) is 24.4 Å². The van der Waals surface area contributed by atoms with Gasteiger partial charge in [0, 0.05) is 19.6 Å². The summed E-state index contributed by atoms with van der Waals surface area (Å²) in [5.74, 6) is -0.275. The number of rotatable bonds is 4. The molecule has 1 atom stereocenters. The summed E-state index contributed by atoms with van der Waals surface area (Å²) in [5.41, 5.74) is 3.96. The molecule has 1 amide bonds. The molecule has 0 aliphatic carbocycles. The van der Waals surface area contributed by atoms with Gasteiger partial charge >= 0.3 is 0 Å². The summed E-state index contributed by atoms with van der Waals surface area (Å²) >= 11 is 0. The van der Waals surface area contributed by atoms with Crippen molar-refractivity contribution in [2.24, 2.45) is 0 Å². The summed E-state index contributed by atoms with van der Waals surface area (Å²) in [6, 6.07) is 6.03. The standard InChI is InChI=1S/C12H15FN2O2/c13-10-4-2-9(3-5-10)11-8-12(17)15(14-11)6-1-7-16/h2-5,11,14,16H,1,6-8H2. The molecule has 1 aromatic carbocycles. The summed E-state index contributed by atoms with van der Waals surface area (Å²) in [4.78, 5) is 11.6. The van der Waals surface area contributed by atoms with Gasteiger partial charge in [0.05, 0.1) is 6.04 Å². The fourth-order valence-corrected chi connectivity index (χ4v) is 1.90. The molecule has 17 heavy (non-hydrogen) atoms. The second-order valence-electron chi connectivity index (χ2n) is 4.06. The Morgan fingerprint density at radius 3 is 2.76 bits per heavy atom. The molecule has 4 nitrogen and oxygen atoms in total. The zero-order chi connectivity index (χ0) is 12.3. The number of nitrogens with zero attached hydrogens (tertiary/aromatic N) is 1. The molecule has 1 aliphatic rings. The van der Waals surface area contributed by atoms with E-state index in [2.05, 4.69) is 5.43 Å². The molecule has 5 heteroatoms. The van der Waals surface area contributed by atoms with E-state index in [4.69, 9.17) is 5.11 Å². The van der Waals surface area contributed by atoms with Crippen LogP contribution in [0.3, 0.4) is 0 Å². The van der Waals surface area contributed by atoms with E-state index < -0.39 is 0 Å². The van der Waals surface area contributed by atoms with Crippen molar-refractivity contribution in [3.05, 3.63) is 35.6 Å². The molecule has 1 unspecified atom stereocenters. The van der Waals surface area contributed by atoms with Crippen molar-refractivity contribution in [2.75, 3.05) is 13.2 Å². The highest BCUT2D eigenvalue weighted by atomic mass is 19.1. The predicted molar refractivity (Wildman–Crippen MR) is 60.3 cm³/mol. The SMILES string of the molecule is O=C1CC(c2ccc(F)cc2)NN1CCCO. The van der Waals surface area contributed by atoms with Crippen LogP contribution in [-0.4, -0.2) is 29.2 Å². The molecule has 2 rings (SSSR count). The Morgan fingerprint density at radius 2 is 2.12 bits per heavy atom. The van der Waals surface area contributed by atoms with E-state index in [0.717, 1.165) is 5.56 Å². The molecule has 0 aromatic heterocycles. The zero-order valence-corrected chi connectivity index (χ0v) is 9.40. The quantitative estimate of drug-likeness (QED) is 0.822. The first-order valence-corrected chi connectivity index (χ1v) is 5.63. The summed E-state index contributed by atoms with van der Waals surface area (Å²) in [6.45, 7) is 0.555. The fourth-order valence-electron chi connectivity index (χ4n) is 1.90. The number of amides is 1. The Hall–Kier alpha value is -1.46. The molecule has 1 aliphatic heterocycles. The van der Waals surface area contributed by atoms with E-state index in [9.17, 15) is 9.18 Å². The van der Waals surface area contributed by atoms with E-state index in [-0.39, 0.29) is 24.4 Å². The average Bonchev–Trinajstić information content (AvgIpc) is 2.69. The molecule has 0 radical (unpaired) electrons. The molecular weight excluding hydrogens is 223 g/mol. The van der Waals surface area contributed by atoms with Gasteiger partial charge in [-0.3, -0.25) is 9.80 Å². The maximum absolute atomic E-state index is 12.8. The van der Waals surface area contributed by atoms with Crippen molar-refractivity contribution < 1.29 is 14.3 Å². The number of hydrogen-bond acceptors (Lipinski definition) is 3. The molecule has 1 heterocycles. The topological polar surface area (TPSA) is 52.6 Å². The van der Waals surface area contributed by atoms with Crippen LogP contribution in [0.5, 0.6) is 0 Å². The number of nitrogens with one attached hydrogen (secondary N) is 1. The van der Waals surface area contributed by atoms with Gasteiger partial charge in [0.25, 0.3) is 0 Å². The number of carbonyl (C=O) groups is 1. The number of aliphatic hydroxyl groups is 1. The van der Waals surface area contributed by atoms with Gasteiger partial charge < -0.3 is 5.11 Å². The largest absolute Gasteiger partial charge is 0.396 e. The van der Waals surface area contributed by atoms with Gasteiger partial charge in [-0.05, 0) is 24.1 Å². The summed E-state index contributed by atoms with van der Waals surface area (Å²) in [7, 11) is 0. The Bertz CT molecular complexity index is 394. The molecule has 1 fully saturated rings. The molecule has 0 bridgehead atoms. The number of halogens is 1. The number of hydrazine groups is 1. The number of carbonyl (C=O) groups excluding carboxylic acids is 1. The Kier molecular flexibility index (Phi) is 3.71.